The van der Waals surface area contributed by atoms with E-state index in [4.69, 9.17) is 0 Å². The van der Waals surface area contributed by atoms with E-state index in [-0.39, 0.29) is 5.91 Å². The van der Waals surface area contributed by atoms with E-state index >= 15 is 0 Å². The number of nitrogens with zero attached hydrogens (tertiary/aromatic N) is 3. The van der Waals surface area contributed by atoms with Gasteiger partial charge < -0.3 is 10.0 Å². The summed E-state index contributed by atoms with van der Waals surface area (Å²) in [6.07, 6.45) is 2.25. The quantitative estimate of drug-likeness (QED) is 0.855. The minimum absolute atomic E-state index is 0.0761. The van der Waals surface area contributed by atoms with Crippen LogP contribution in [0, 0.1) is 0 Å². The van der Waals surface area contributed by atoms with Crippen LogP contribution in [0.4, 0.5) is 0 Å². The molecule has 0 unspecified atom stereocenters. The van der Waals surface area contributed by atoms with Crippen molar-refractivity contribution in [3.8, 4) is 0 Å². The van der Waals surface area contributed by atoms with Crippen LogP contribution in [0.1, 0.15) is 30.5 Å². The molecule has 0 saturated carbocycles. The van der Waals surface area contributed by atoms with Gasteiger partial charge in [-0.15, -0.1) is 11.3 Å². The SMILES string of the molecule is CCCC1(O)CN(Cc2csc(CC(=O)N(C)C)n2)C1. The average Bonchev–Trinajstić information content (AvgIpc) is 2.74. The number of aromatic nitrogens is 1. The fourth-order valence-electron chi connectivity index (χ4n) is 2.54. The average molecular weight is 297 g/mol. The predicted octanol–water partition coefficient (Wildman–Crippen LogP) is 1.12. The summed E-state index contributed by atoms with van der Waals surface area (Å²) >= 11 is 1.53. The molecule has 0 atom stereocenters. The number of hydrogen-bond acceptors (Lipinski definition) is 5. The lowest BCUT2D eigenvalue weighted by molar-refractivity contribution is -0.127. The van der Waals surface area contributed by atoms with Gasteiger partial charge in [0, 0.05) is 39.1 Å². The van der Waals surface area contributed by atoms with Crippen LogP contribution in [0.5, 0.6) is 0 Å². The molecule has 1 aliphatic rings. The van der Waals surface area contributed by atoms with Crippen molar-refractivity contribution in [1.29, 1.82) is 0 Å². The van der Waals surface area contributed by atoms with Crippen molar-refractivity contribution in [3.63, 3.8) is 0 Å². The second kappa shape index (κ2) is 6.20. The minimum Gasteiger partial charge on any atom is -0.387 e. The number of amides is 1. The monoisotopic (exact) mass is 297 g/mol. The van der Waals surface area contributed by atoms with Crippen LogP contribution in [-0.4, -0.2) is 58.6 Å². The molecule has 0 spiro atoms. The molecule has 0 radical (unpaired) electrons. The molecule has 1 N–H and O–H groups in total. The second-order valence-electron chi connectivity index (χ2n) is 5.82. The van der Waals surface area contributed by atoms with Gasteiger partial charge in [-0.05, 0) is 6.42 Å². The lowest BCUT2D eigenvalue weighted by Crippen LogP contribution is -2.60. The van der Waals surface area contributed by atoms with E-state index in [0.717, 1.165) is 43.2 Å². The van der Waals surface area contributed by atoms with E-state index in [1.165, 1.54) is 11.3 Å². The number of likely N-dealkylation sites (tertiary alicyclic amines) is 1. The molecule has 1 aromatic rings. The van der Waals surface area contributed by atoms with Crippen LogP contribution in [0.3, 0.4) is 0 Å². The third-order valence-corrected chi connectivity index (χ3v) is 4.43. The van der Waals surface area contributed by atoms with Crippen LogP contribution >= 0.6 is 11.3 Å². The van der Waals surface area contributed by atoms with Crippen molar-refractivity contribution in [1.82, 2.24) is 14.8 Å². The van der Waals surface area contributed by atoms with Gasteiger partial charge in [0.05, 0.1) is 17.7 Å². The van der Waals surface area contributed by atoms with Crippen molar-refractivity contribution in [2.24, 2.45) is 0 Å². The van der Waals surface area contributed by atoms with Crippen LogP contribution in [-0.2, 0) is 17.8 Å². The molecular weight excluding hydrogens is 274 g/mol. The highest BCUT2D eigenvalue weighted by Crippen LogP contribution is 2.27. The first-order chi connectivity index (χ1) is 9.42. The summed E-state index contributed by atoms with van der Waals surface area (Å²) < 4.78 is 0. The lowest BCUT2D eigenvalue weighted by atomic mass is 9.89. The molecule has 20 heavy (non-hydrogen) atoms. The predicted molar refractivity (Wildman–Crippen MR) is 79.6 cm³/mol. The molecule has 1 aliphatic heterocycles. The molecule has 1 saturated heterocycles. The molecule has 0 aromatic carbocycles. The van der Waals surface area contributed by atoms with Gasteiger partial charge in [0.25, 0.3) is 0 Å². The molecule has 2 rings (SSSR count). The van der Waals surface area contributed by atoms with Gasteiger partial charge in [-0.1, -0.05) is 13.3 Å². The number of β-amino-alcohol motifs (C(OH)–C–C–N with tert-alkyl or cyclic N) is 1. The zero-order chi connectivity index (χ0) is 14.8. The Morgan fingerprint density at radius 1 is 1.55 bits per heavy atom. The maximum absolute atomic E-state index is 11.6. The molecule has 1 aromatic heterocycles. The molecule has 1 fully saturated rings. The smallest absolute Gasteiger partial charge is 0.228 e. The van der Waals surface area contributed by atoms with Crippen LogP contribution in [0.15, 0.2) is 5.38 Å². The van der Waals surface area contributed by atoms with Crippen molar-refractivity contribution in [3.05, 3.63) is 16.1 Å². The van der Waals surface area contributed by atoms with Gasteiger partial charge >= 0.3 is 0 Å². The summed E-state index contributed by atoms with van der Waals surface area (Å²) in [6.45, 7) is 4.31. The molecule has 0 aliphatic carbocycles. The van der Waals surface area contributed by atoms with E-state index in [0.29, 0.717) is 6.42 Å². The van der Waals surface area contributed by atoms with Crippen molar-refractivity contribution < 1.29 is 9.90 Å². The maximum Gasteiger partial charge on any atom is 0.228 e. The molecule has 2 heterocycles. The highest BCUT2D eigenvalue weighted by atomic mass is 32.1. The van der Waals surface area contributed by atoms with Gasteiger partial charge in [-0.3, -0.25) is 9.69 Å². The van der Waals surface area contributed by atoms with Gasteiger partial charge in [0.15, 0.2) is 0 Å². The summed E-state index contributed by atoms with van der Waals surface area (Å²) in [5.74, 6) is 0.0761. The normalized spacial score (nSPS) is 17.8. The number of rotatable bonds is 6. The maximum atomic E-state index is 11.6. The fraction of sp³-hybridized carbons (Fsp3) is 0.714. The highest BCUT2D eigenvalue weighted by Gasteiger charge is 2.40. The third-order valence-electron chi connectivity index (χ3n) is 3.54. The molecule has 112 valence electrons. The van der Waals surface area contributed by atoms with Crippen molar-refractivity contribution >= 4 is 17.2 Å². The molecule has 0 bridgehead atoms. The number of thiazole rings is 1. The first kappa shape index (κ1) is 15.4. The fourth-order valence-corrected chi connectivity index (χ4v) is 3.32. The largest absolute Gasteiger partial charge is 0.387 e. The number of likely N-dealkylation sites (N-methyl/N-ethyl adjacent to an activating group) is 1. The van der Waals surface area contributed by atoms with Crippen molar-refractivity contribution in [2.45, 2.75) is 38.3 Å². The molecular formula is C14H23N3O2S. The Morgan fingerprint density at radius 3 is 2.85 bits per heavy atom. The van der Waals surface area contributed by atoms with Gasteiger partial charge in [0.2, 0.25) is 5.91 Å². The topological polar surface area (TPSA) is 56.7 Å². The number of carbonyl (C=O) groups is 1. The molecule has 5 nitrogen and oxygen atoms in total. The van der Waals surface area contributed by atoms with E-state index in [1.54, 1.807) is 19.0 Å². The Labute approximate surface area is 124 Å². The second-order valence-corrected chi connectivity index (χ2v) is 6.76. The van der Waals surface area contributed by atoms with E-state index < -0.39 is 5.60 Å². The number of hydrogen-bond donors (Lipinski definition) is 1. The Kier molecular flexibility index (Phi) is 4.78. The van der Waals surface area contributed by atoms with Crippen LogP contribution < -0.4 is 0 Å². The third kappa shape index (κ3) is 3.77. The van der Waals surface area contributed by atoms with E-state index in [1.807, 2.05) is 5.38 Å². The summed E-state index contributed by atoms with van der Waals surface area (Å²) in [5.41, 5.74) is 0.504. The van der Waals surface area contributed by atoms with E-state index in [2.05, 4.69) is 16.8 Å². The molecule has 1 amide bonds. The van der Waals surface area contributed by atoms with Crippen LogP contribution in [0.25, 0.3) is 0 Å². The zero-order valence-corrected chi connectivity index (χ0v) is 13.2. The summed E-state index contributed by atoms with van der Waals surface area (Å²) in [5, 5.41) is 13.0. The van der Waals surface area contributed by atoms with Gasteiger partial charge in [0.1, 0.15) is 5.01 Å². The highest BCUT2D eigenvalue weighted by molar-refractivity contribution is 7.09. The first-order valence-corrected chi connectivity index (χ1v) is 7.88. The van der Waals surface area contributed by atoms with Crippen LogP contribution in [0.2, 0.25) is 0 Å². The Bertz CT molecular complexity index is 467. The van der Waals surface area contributed by atoms with Gasteiger partial charge in [-0.2, -0.15) is 0 Å². The zero-order valence-electron chi connectivity index (χ0n) is 12.4. The number of aliphatic hydroxyl groups is 1. The lowest BCUT2D eigenvalue weighted by Gasteiger charge is -2.46. The Balaban J connectivity index is 1.81. The van der Waals surface area contributed by atoms with Crippen molar-refractivity contribution in [2.75, 3.05) is 27.2 Å². The standard InChI is InChI=1S/C14H23N3O2S/c1-4-5-14(19)9-17(10-14)7-11-8-20-12(15-11)6-13(18)16(2)3/h8,19H,4-7,9-10H2,1-3H3. The summed E-state index contributed by atoms with van der Waals surface area (Å²) in [7, 11) is 3.51. The minimum atomic E-state index is -0.492. The summed E-state index contributed by atoms with van der Waals surface area (Å²) in [4.78, 5) is 19.9. The Morgan fingerprint density at radius 2 is 2.25 bits per heavy atom. The first-order valence-electron chi connectivity index (χ1n) is 7.00. The summed E-state index contributed by atoms with van der Waals surface area (Å²) in [6, 6.07) is 0. The number of carbonyl (C=O) groups excluding carboxylic acids is 1. The van der Waals surface area contributed by atoms with Gasteiger partial charge in [-0.25, -0.2) is 4.98 Å². The Hall–Kier alpha value is -0.980. The molecule has 6 heteroatoms. The van der Waals surface area contributed by atoms with E-state index in [9.17, 15) is 9.90 Å².